The molecule has 0 aliphatic heterocycles. The van der Waals surface area contributed by atoms with Gasteiger partial charge in [-0.15, -0.1) is 0 Å². The summed E-state index contributed by atoms with van der Waals surface area (Å²) in [4.78, 5) is 12.4. The van der Waals surface area contributed by atoms with E-state index in [4.69, 9.17) is 16.3 Å². The molecule has 128 valence electrons. The molecule has 24 heavy (non-hydrogen) atoms. The summed E-state index contributed by atoms with van der Waals surface area (Å²) in [5.74, 6) is -0.560. The molecule has 1 amide bonds. The SMILES string of the molecule is Cc1cccc(C(=O)Nc2cc(Cl)ccc2OCC(F)(F)F)c1I. The van der Waals surface area contributed by atoms with Gasteiger partial charge in [-0.2, -0.15) is 13.2 Å². The highest BCUT2D eigenvalue weighted by molar-refractivity contribution is 14.1. The van der Waals surface area contributed by atoms with E-state index in [-0.39, 0.29) is 16.5 Å². The second kappa shape index (κ2) is 7.60. The van der Waals surface area contributed by atoms with E-state index in [1.54, 1.807) is 12.1 Å². The predicted octanol–water partition coefficient (Wildman–Crippen LogP) is 5.45. The molecular weight excluding hydrogens is 458 g/mol. The third-order valence-corrected chi connectivity index (χ3v) is 4.68. The van der Waals surface area contributed by atoms with Crippen LogP contribution in [0.2, 0.25) is 5.02 Å². The van der Waals surface area contributed by atoms with Gasteiger partial charge in [0.2, 0.25) is 0 Å². The van der Waals surface area contributed by atoms with Crippen LogP contribution in [0.25, 0.3) is 0 Å². The molecule has 0 fully saturated rings. The Morgan fingerprint density at radius 1 is 1.29 bits per heavy atom. The molecule has 8 heteroatoms. The molecule has 0 aliphatic carbocycles. The number of hydrogen-bond acceptors (Lipinski definition) is 2. The molecule has 0 spiro atoms. The van der Waals surface area contributed by atoms with Crippen LogP contribution in [0, 0.1) is 10.5 Å². The fourth-order valence-electron chi connectivity index (χ4n) is 1.90. The quantitative estimate of drug-likeness (QED) is 0.605. The van der Waals surface area contributed by atoms with Crippen molar-refractivity contribution in [1.29, 1.82) is 0 Å². The number of rotatable bonds is 4. The number of carbonyl (C=O) groups excluding carboxylic acids is 1. The van der Waals surface area contributed by atoms with E-state index in [1.165, 1.54) is 18.2 Å². The van der Waals surface area contributed by atoms with Crippen LogP contribution in [0.1, 0.15) is 15.9 Å². The van der Waals surface area contributed by atoms with Crippen LogP contribution in [-0.4, -0.2) is 18.7 Å². The maximum absolute atomic E-state index is 12.4. The van der Waals surface area contributed by atoms with Gasteiger partial charge in [-0.1, -0.05) is 23.7 Å². The number of aryl methyl sites for hydroxylation is 1. The highest BCUT2D eigenvalue weighted by Crippen LogP contribution is 2.30. The first-order valence-electron chi connectivity index (χ1n) is 6.73. The fourth-order valence-corrected chi connectivity index (χ4v) is 2.67. The smallest absolute Gasteiger partial charge is 0.422 e. The summed E-state index contributed by atoms with van der Waals surface area (Å²) in [5.41, 5.74) is 1.41. The number of ether oxygens (including phenoxy) is 1. The molecule has 0 aromatic heterocycles. The third kappa shape index (κ3) is 5.01. The molecule has 2 rings (SSSR count). The predicted molar refractivity (Wildman–Crippen MR) is 94.9 cm³/mol. The van der Waals surface area contributed by atoms with Gasteiger partial charge in [0, 0.05) is 8.59 Å². The topological polar surface area (TPSA) is 38.3 Å². The molecule has 0 heterocycles. The molecule has 0 saturated carbocycles. The Kier molecular flexibility index (Phi) is 5.97. The van der Waals surface area contributed by atoms with Crippen LogP contribution < -0.4 is 10.1 Å². The lowest BCUT2D eigenvalue weighted by atomic mass is 10.1. The van der Waals surface area contributed by atoms with Crippen molar-refractivity contribution >= 4 is 45.8 Å². The van der Waals surface area contributed by atoms with Gasteiger partial charge >= 0.3 is 6.18 Å². The highest BCUT2D eigenvalue weighted by Gasteiger charge is 2.29. The Labute approximate surface area is 155 Å². The van der Waals surface area contributed by atoms with Crippen molar-refractivity contribution in [2.24, 2.45) is 0 Å². The lowest BCUT2D eigenvalue weighted by Gasteiger charge is -2.15. The summed E-state index contributed by atoms with van der Waals surface area (Å²) in [7, 11) is 0. The van der Waals surface area contributed by atoms with Crippen molar-refractivity contribution in [3.8, 4) is 5.75 Å². The summed E-state index contributed by atoms with van der Waals surface area (Å²) in [5, 5.41) is 2.82. The number of nitrogens with one attached hydrogen (secondary N) is 1. The van der Waals surface area contributed by atoms with E-state index in [9.17, 15) is 18.0 Å². The lowest BCUT2D eigenvalue weighted by Crippen LogP contribution is -2.20. The molecule has 0 unspecified atom stereocenters. The average molecular weight is 470 g/mol. The molecule has 3 nitrogen and oxygen atoms in total. The van der Waals surface area contributed by atoms with Crippen molar-refractivity contribution in [2.45, 2.75) is 13.1 Å². The van der Waals surface area contributed by atoms with Gasteiger partial charge < -0.3 is 10.1 Å². The Balaban J connectivity index is 2.26. The van der Waals surface area contributed by atoms with Crippen molar-refractivity contribution < 1.29 is 22.7 Å². The van der Waals surface area contributed by atoms with Gasteiger partial charge in [-0.25, -0.2) is 0 Å². The minimum Gasteiger partial charge on any atom is -0.482 e. The maximum atomic E-state index is 12.4. The van der Waals surface area contributed by atoms with Crippen molar-refractivity contribution in [3.63, 3.8) is 0 Å². The number of benzene rings is 2. The molecule has 0 atom stereocenters. The first kappa shape index (κ1) is 18.9. The molecule has 0 bridgehead atoms. The monoisotopic (exact) mass is 469 g/mol. The standard InChI is InChI=1S/C16H12ClF3INO2/c1-9-3-2-4-11(14(9)21)15(23)22-12-7-10(17)5-6-13(12)24-8-16(18,19)20/h2-7H,8H2,1H3,(H,22,23). The zero-order valence-electron chi connectivity index (χ0n) is 12.4. The molecule has 2 aromatic carbocycles. The Bertz CT molecular complexity index is 765. The summed E-state index contributed by atoms with van der Waals surface area (Å²) < 4.78 is 42.5. The first-order valence-corrected chi connectivity index (χ1v) is 8.18. The molecular formula is C16H12ClF3INO2. The van der Waals surface area contributed by atoms with E-state index >= 15 is 0 Å². The zero-order valence-corrected chi connectivity index (χ0v) is 15.3. The third-order valence-electron chi connectivity index (χ3n) is 3.02. The van der Waals surface area contributed by atoms with Crippen molar-refractivity contribution in [1.82, 2.24) is 0 Å². The fraction of sp³-hybridized carbons (Fsp3) is 0.188. The minimum absolute atomic E-state index is 0.0778. The summed E-state index contributed by atoms with van der Waals surface area (Å²) in [6, 6.07) is 9.23. The van der Waals surface area contributed by atoms with Crippen LogP contribution in [0.4, 0.5) is 18.9 Å². The normalized spacial score (nSPS) is 11.2. The molecule has 1 N–H and O–H groups in total. The largest absolute Gasteiger partial charge is 0.482 e. The number of amides is 1. The number of halogens is 5. The number of hydrogen-bond donors (Lipinski definition) is 1. The van der Waals surface area contributed by atoms with Crippen LogP contribution in [0.15, 0.2) is 36.4 Å². The minimum atomic E-state index is -4.48. The van der Waals surface area contributed by atoms with Gasteiger partial charge in [-0.3, -0.25) is 4.79 Å². The molecule has 0 aliphatic rings. The van der Waals surface area contributed by atoms with Crippen molar-refractivity contribution in [3.05, 3.63) is 56.1 Å². The second-order valence-electron chi connectivity index (χ2n) is 4.93. The first-order chi connectivity index (χ1) is 11.2. The average Bonchev–Trinajstić information content (AvgIpc) is 2.48. The van der Waals surface area contributed by atoms with Crippen molar-refractivity contribution in [2.75, 3.05) is 11.9 Å². The summed E-state index contributed by atoms with van der Waals surface area (Å²) in [6.07, 6.45) is -4.48. The van der Waals surface area contributed by atoms with Gasteiger partial charge in [0.05, 0.1) is 11.3 Å². The van der Waals surface area contributed by atoms with Gasteiger partial charge in [-0.05, 0) is 59.3 Å². The zero-order chi connectivity index (χ0) is 17.9. The van der Waals surface area contributed by atoms with Crippen LogP contribution in [-0.2, 0) is 0 Å². The summed E-state index contributed by atoms with van der Waals surface area (Å²) >= 11 is 7.90. The molecule has 0 radical (unpaired) electrons. The number of carbonyl (C=O) groups is 1. The maximum Gasteiger partial charge on any atom is 0.422 e. The highest BCUT2D eigenvalue weighted by atomic mass is 127. The second-order valence-corrected chi connectivity index (χ2v) is 6.45. The summed E-state index contributed by atoms with van der Waals surface area (Å²) in [6.45, 7) is 0.398. The van der Waals surface area contributed by atoms with E-state index in [0.717, 1.165) is 9.13 Å². The molecule has 0 saturated heterocycles. The lowest BCUT2D eigenvalue weighted by molar-refractivity contribution is -0.153. The Morgan fingerprint density at radius 3 is 2.67 bits per heavy atom. The number of anilines is 1. The van der Waals surface area contributed by atoms with E-state index < -0.39 is 18.7 Å². The molecule has 2 aromatic rings. The van der Waals surface area contributed by atoms with E-state index in [1.807, 2.05) is 35.6 Å². The number of alkyl halides is 3. The van der Waals surface area contributed by atoms with Crippen LogP contribution in [0.5, 0.6) is 5.75 Å². The van der Waals surface area contributed by atoms with Crippen LogP contribution in [0.3, 0.4) is 0 Å². The van der Waals surface area contributed by atoms with E-state index in [2.05, 4.69) is 5.32 Å². The van der Waals surface area contributed by atoms with Gasteiger partial charge in [0.25, 0.3) is 5.91 Å². The van der Waals surface area contributed by atoms with Crippen LogP contribution >= 0.6 is 34.2 Å². The van der Waals surface area contributed by atoms with E-state index in [0.29, 0.717) is 5.56 Å². The Hall–Kier alpha value is -1.48. The van der Waals surface area contributed by atoms with Gasteiger partial charge in [0.1, 0.15) is 5.75 Å². The van der Waals surface area contributed by atoms with Gasteiger partial charge in [0.15, 0.2) is 6.61 Å². The Morgan fingerprint density at radius 2 is 2.00 bits per heavy atom.